The van der Waals surface area contributed by atoms with Crippen molar-refractivity contribution in [3.05, 3.63) is 287 Å². The molecule has 9 aromatic rings. The predicted molar refractivity (Wildman–Crippen MR) is 270 cm³/mol. The summed E-state index contributed by atoms with van der Waals surface area (Å²) in [6.45, 7) is 0. The Morgan fingerprint density at radius 2 is 0.443 bits per heavy atom. The molecule has 9 rings (SSSR count). The fourth-order valence-corrected chi connectivity index (χ4v) is 8.27. The van der Waals surface area contributed by atoms with Crippen LogP contribution in [0.4, 0.5) is 0 Å². The molecule has 0 atom stereocenters. The van der Waals surface area contributed by atoms with Gasteiger partial charge in [-0.2, -0.15) is 0 Å². The maximum Gasteiger partial charge on any atom is 3.00 e. The Bertz CT molecular complexity index is 2480. The summed E-state index contributed by atoms with van der Waals surface area (Å²) in [4.78, 5) is 26.0. The van der Waals surface area contributed by atoms with Gasteiger partial charge in [0.05, 0.1) is 0 Å². The van der Waals surface area contributed by atoms with Gasteiger partial charge < -0.3 is 32.5 Å². The number of nitrogens with one attached hydrogen (secondary N) is 3. The molecule has 0 amide bonds. The van der Waals surface area contributed by atoms with Crippen LogP contribution in [-0.2, 0) is 55.1 Å². The van der Waals surface area contributed by atoms with Gasteiger partial charge in [-0.05, 0) is 146 Å². The zero-order valence-electron chi connectivity index (χ0n) is 38.3. The molecule has 359 valence electrons. The third-order valence-electron chi connectivity index (χ3n) is 11.5. The minimum Gasteiger partial charge on any atom is -0.667 e. The molecule has 0 aliphatic rings. The Balaban J connectivity index is 0.000000171. The van der Waals surface area contributed by atoms with Crippen molar-refractivity contribution in [1.29, 1.82) is 0 Å². The number of benzene rings is 3. The van der Waals surface area contributed by atoms with Crippen molar-refractivity contribution in [3.8, 4) is 17.2 Å². The van der Waals surface area contributed by atoms with E-state index in [0.29, 0.717) is 55.2 Å². The Labute approximate surface area is 448 Å². The van der Waals surface area contributed by atoms with E-state index in [0.717, 1.165) is 34.2 Å². The van der Waals surface area contributed by atoms with E-state index in [1.54, 1.807) is 91.8 Å². The summed E-state index contributed by atoms with van der Waals surface area (Å²) >= 11 is 0. The molecule has 3 aromatic carbocycles. The molecule has 0 spiro atoms. The minimum atomic E-state index is -1.03. The van der Waals surface area contributed by atoms with Crippen LogP contribution in [0.25, 0.3) is 17.2 Å². The summed E-state index contributed by atoms with van der Waals surface area (Å²) in [6.07, 6.45) is 12.8. The molecule has 6 aromatic heterocycles. The van der Waals surface area contributed by atoms with Crippen LogP contribution in [0.1, 0.15) is 50.9 Å². The number of phenols is 3. The largest absolute Gasteiger partial charge is 3.00 e. The summed E-state index contributed by atoms with van der Waals surface area (Å²) in [5.74, 6) is 0.401. The first-order valence-corrected chi connectivity index (χ1v) is 22.5. The number of nitrogens with zero attached hydrogens (tertiary/aromatic N) is 6. The van der Waals surface area contributed by atoms with Gasteiger partial charge in [-0.15, -0.1) is 0 Å². The number of phenolic OH excluding ortho intramolecular Hbond substituents is 3. The summed E-state index contributed by atoms with van der Waals surface area (Å²) in [6, 6.07) is 55.1. The van der Waals surface area contributed by atoms with Crippen molar-refractivity contribution in [2.75, 3.05) is 0 Å². The first kappa shape index (κ1) is 52.7. The third kappa shape index (κ3) is 14.9. The molecule has 0 bridgehead atoms. The molecular formula is C57H54N9O3Yb. The van der Waals surface area contributed by atoms with Crippen LogP contribution in [0.5, 0.6) is 17.2 Å². The van der Waals surface area contributed by atoms with Crippen LogP contribution in [0.3, 0.4) is 0 Å². The second kappa shape index (κ2) is 25.8. The maximum absolute atomic E-state index is 10.2. The molecule has 0 fully saturated rings. The van der Waals surface area contributed by atoms with Crippen molar-refractivity contribution in [1.82, 2.24) is 29.9 Å². The number of pyridine rings is 6. The number of aromatic hydroxyl groups is 3. The zero-order chi connectivity index (χ0) is 48.4. The number of hydrogen-bond acceptors (Lipinski definition) is 9. The SMILES string of the molecule is [NH-]C(Cc1ccccn1)(Cc1ccccn1)c1ccccc1O.[NH-]C(Cc1ccccn1)(Cc1ccccn1)c1ccccc1O.[NH-]C(Cc1ccccn1)(Cc1ccccn1)c1ccccc1O.[Yb+3]. The summed E-state index contributed by atoms with van der Waals surface area (Å²) < 4.78 is 0. The normalized spacial score (nSPS) is 11.2. The van der Waals surface area contributed by atoms with E-state index in [-0.39, 0.29) is 64.2 Å². The quantitative estimate of drug-likeness (QED) is 0.0890. The molecule has 1 radical (unpaired) electrons. The van der Waals surface area contributed by atoms with E-state index in [9.17, 15) is 15.3 Å². The van der Waals surface area contributed by atoms with Gasteiger partial charge >= 0.3 is 46.9 Å². The number of para-hydroxylation sites is 3. The van der Waals surface area contributed by atoms with Crippen molar-refractivity contribution >= 4 is 0 Å². The fourth-order valence-electron chi connectivity index (χ4n) is 8.27. The number of aromatic nitrogens is 6. The van der Waals surface area contributed by atoms with Crippen LogP contribution < -0.4 is 0 Å². The number of rotatable bonds is 15. The van der Waals surface area contributed by atoms with E-state index in [4.69, 9.17) is 17.2 Å². The molecule has 0 aliphatic carbocycles. The van der Waals surface area contributed by atoms with Gasteiger partial charge in [0.2, 0.25) is 0 Å². The molecule has 0 saturated carbocycles. The molecule has 6 heterocycles. The van der Waals surface area contributed by atoms with E-state index in [1.807, 2.05) is 127 Å². The van der Waals surface area contributed by atoms with Gasteiger partial charge in [0.15, 0.2) is 0 Å². The van der Waals surface area contributed by atoms with Gasteiger partial charge in [-0.1, -0.05) is 108 Å². The molecule has 0 saturated heterocycles. The van der Waals surface area contributed by atoms with Gasteiger partial charge in [0.25, 0.3) is 0 Å². The Morgan fingerprint density at radius 3 is 0.600 bits per heavy atom. The molecular weight excluding hydrogens is 1030 g/mol. The van der Waals surface area contributed by atoms with Gasteiger partial charge in [-0.3, -0.25) is 29.9 Å². The summed E-state index contributed by atoms with van der Waals surface area (Å²) in [5, 5.41) is 30.7. The van der Waals surface area contributed by atoms with E-state index >= 15 is 0 Å². The predicted octanol–water partition coefficient (Wildman–Crippen LogP) is 11.7. The van der Waals surface area contributed by atoms with E-state index < -0.39 is 16.6 Å². The van der Waals surface area contributed by atoms with Crippen LogP contribution >= 0.6 is 0 Å². The first-order chi connectivity index (χ1) is 33.5. The van der Waals surface area contributed by atoms with E-state index in [2.05, 4.69) is 29.9 Å². The minimum absolute atomic E-state index is 0. The van der Waals surface area contributed by atoms with Crippen molar-refractivity contribution in [3.63, 3.8) is 0 Å². The molecule has 6 N–H and O–H groups in total. The van der Waals surface area contributed by atoms with Crippen molar-refractivity contribution < 1.29 is 62.2 Å². The van der Waals surface area contributed by atoms with Gasteiger partial charge in [0.1, 0.15) is 17.2 Å². The van der Waals surface area contributed by atoms with Crippen molar-refractivity contribution in [2.24, 2.45) is 0 Å². The molecule has 13 heteroatoms. The van der Waals surface area contributed by atoms with Crippen LogP contribution in [0.2, 0.25) is 0 Å². The number of hydrogen-bond donors (Lipinski definition) is 3. The Hall–Kier alpha value is -6.64. The second-order valence-electron chi connectivity index (χ2n) is 16.8. The monoisotopic (exact) mass is 1090 g/mol. The zero-order valence-corrected chi connectivity index (χ0v) is 40.0. The standard InChI is InChI=1S/3C19H18N3O.Yb/c3*20-19(13-15-7-3-5-11-21-15,14-16-8-4-6-12-22-16)17-9-1-2-10-18(17)23;/h3*1-12,20,23H,13-14H2;/q3*-1;+3. The van der Waals surface area contributed by atoms with Gasteiger partial charge in [0, 0.05) is 71.3 Å². The molecule has 0 unspecified atom stereocenters. The molecule has 12 nitrogen and oxygen atoms in total. The summed E-state index contributed by atoms with van der Waals surface area (Å²) in [7, 11) is 0. The Morgan fingerprint density at radius 1 is 0.271 bits per heavy atom. The van der Waals surface area contributed by atoms with Crippen molar-refractivity contribution in [2.45, 2.75) is 55.1 Å². The van der Waals surface area contributed by atoms with Crippen LogP contribution in [-0.4, -0.2) is 45.2 Å². The maximum atomic E-state index is 10.2. The average molecular weight is 1090 g/mol. The van der Waals surface area contributed by atoms with Gasteiger partial charge in [-0.25, -0.2) is 0 Å². The fraction of sp³-hybridized carbons (Fsp3) is 0.158. The second-order valence-corrected chi connectivity index (χ2v) is 16.8. The molecule has 70 heavy (non-hydrogen) atoms. The van der Waals surface area contributed by atoms with E-state index in [1.165, 1.54) is 0 Å². The summed E-state index contributed by atoms with van der Waals surface area (Å²) in [5.41, 5.74) is 30.7. The third-order valence-corrected chi connectivity index (χ3v) is 11.5. The molecule has 0 aliphatic heterocycles. The van der Waals surface area contributed by atoms with Crippen LogP contribution in [0, 0.1) is 46.9 Å². The average Bonchev–Trinajstić information content (AvgIpc) is 3.36. The smallest absolute Gasteiger partial charge is 0.667 e. The topological polar surface area (TPSA) is 209 Å². The van der Waals surface area contributed by atoms with Crippen LogP contribution in [0.15, 0.2) is 219 Å². The first-order valence-electron chi connectivity index (χ1n) is 22.5. The Kier molecular flexibility index (Phi) is 19.4.